The third-order valence-corrected chi connectivity index (χ3v) is 4.99. The summed E-state index contributed by atoms with van der Waals surface area (Å²) >= 11 is 0. The van der Waals surface area contributed by atoms with Crippen LogP contribution < -0.4 is 0 Å². The minimum Gasteiger partial charge on any atom is -0.348 e. The summed E-state index contributed by atoms with van der Waals surface area (Å²) in [5, 5.41) is 0. The van der Waals surface area contributed by atoms with E-state index >= 15 is 0 Å². The van der Waals surface area contributed by atoms with Crippen LogP contribution in [0, 0.1) is 0 Å². The molecule has 3 fully saturated rings. The van der Waals surface area contributed by atoms with Crippen LogP contribution in [0.3, 0.4) is 0 Å². The summed E-state index contributed by atoms with van der Waals surface area (Å²) in [6, 6.07) is 0. The molecule has 0 amide bonds. The fraction of sp³-hybridized carbons (Fsp3) is 1.00. The molecule has 3 saturated heterocycles. The Morgan fingerprint density at radius 2 is 1.64 bits per heavy atom. The highest BCUT2D eigenvalue weighted by Gasteiger charge is 2.62. The summed E-state index contributed by atoms with van der Waals surface area (Å²) in [5.41, 5.74) is -5.57. The average Bonchev–Trinajstić information content (AvgIpc) is 2.99. The second kappa shape index (κ2) is 5.75. The third kappa shape index (κ3) is 3.66. The van der Waals surface area contributed by atoms with E-state index in [1.165, 1.54) is 13.8 Å². The number of rotatable bonds is 3. The van der Waals surface area contributed by atoms with Crippen LogP contribution in [0.2, 0.25) is 0 Å². The van der Waals surface area contributed by atoms with Crippen molar-refractivity contribution in [3.8, 4) is 0 Å². The first-order valence-corrected chi connectivity index (χ1v) is 8.94. The molecule has 3 heterocycles. The number of fused-ring (bicyclic) bond motifs is 1. The number of halogens is 3. The minimum atomic E-state index is -5.86. The van der Waals surface area contributed by atoms with Crippen LogP contribution >= 0.6 is 0 Å². The molecule has 0 aliphatic carbocycles. The predicted molar refractivity (Wildman–Crippen MR) is 73.4 cm³/mol. The summed E-state index contributed by atoms with van der Waals surface area (Å²) in [7, 11) is -5.86. The van der Waals surface area contributed by atoms with E-state index < -0.39 is 57.9 Å². The van der Waals surface area contributed by atoms with Gasteiger partial charge in [0.1, 0.15) is 24.4 Å². The van der Waals surface area contributed by atoms with E-state index in [-0.39, 0.29) is 6.61 Å². The maximum Gasteiger partial charge on any atom is 0.523 e. The Bertz CT molecular complexity index is 632. The van der Waals surface area contributed by atoms with Crippen LogP contribution in [0.4, 0.5) is 13.2 Å². The normalized spacial score (nSPS) is 40.4. The second-order valence-electron chi connectivity index (χ2n) is 6.90. The molecular weight excluding hydrogens is 373 g/mol. The van der Waals surface area contributed by atoms with E-state index in [0.717, 1.165) is 0 Å². The van der Waals surface area contributed by atoms with Gasteiger partial charge in [-0.1, -0.05) is 0 Å². The summed E-state index contributed by atoms with van der Waals surface area (Å²) < 4.78 is 93.0. The number of hydrogen-bond acceptors (Lipinski definition) is 8. The molecule has 3 rings (SSSR count). The average molecular weight is 392 g/mol. The SMILES string of the molecule is CC1(C)O[C@H]2OC([C@H]3COC(C)(C)O3)[C@@H](OS(=O)(=O)C(F)(F)F)[C@H]2O1. The smallest absolute Gasteiger partial charge is 0.348 e. The highest BCUT2D eigenvalue weighted by Crippen LogP contribution is 2.43. The van der Waals surface area contributed by atoms with E-state index in [1.807, 2.05) is 0 Å². The molecular formula is C13H19F3O8S. The Balaban J connectivity index is 1.86. The Morgan fingerprint density at radius 3 is 2.16 bits per heavy atom. The van der Waals surface area contributed by atoms with Gasteiger partial charge in [-0.2, -0.15) is 21.6 Å². The van der Waals surface area contributed by atoms with Gasteiger partial charge in [0.2, 0.25) is 0 Å². The Hall–Kier alpha value is -0.500. The van der Waals surface area contributed by atoms with E-state index in [4.69, 9.17) is 23.7 Å². The molecule has 8 nitrogen and oxygen atoms in total. The van der Waals surface area contributed by atoms with Crippen LogP contribution in [-0.2, 0) is 38.0 Å². The molecule has 1 unspecified atom stereocenters. The van der Waals surface area contributed by atoms with Crippen molar-refractivity contribution in [2.75, 3.05) is 6.61 Å². The van der Waals surface area contributed by atoms with Gasteiger partial charge >= 0.3 is 15.6 Å². The van der Waals surface area contributed by atoms with Gasteiger partial charge in [-0.05, 0) is 27.7 Å². The predicted octanol–water partition coefficient (Wildman–Crippen LogP) is 1.25. The highest BCUT2D eigenvalue weighted by atomic mass is 32.2. The van der Waals surface area contributed by atoms with Crippen molar-refractivity contribution < 1.29 is 49.5 Å². The van der Waals surface area contributed by atoms with Gasteiger partial charge in [-0.25, -0.2) is 0 Å². The van der Waals surface area contributed by atoms with Crippen molar-refractivity contribution in [2.45, 2.75) is 75.5 Å². The lowest BCUT2D eigenvalue weighted by Gasteiger charge is -2.28. The van der Waals surface area contributed by atoms with Crippen LogP contribution in [-0.4, -0.2) is 62.8 Å². The fourth-order valence-corrected chi connectivity index (χ4v) is 3.61. The lowest BCUT2D eigenvalue weighted by molar-refractivity contribution is -0.230. The molecule has 0 N–H and O–H groups in total. The van der Waals surface area contributed by atoms with Gasteiger partial charge in [-0.3, -0.25) is 4.18 Å². The van der Waals surface area contributed by atoms with Crippen LogP contribution in [0.5, 0.6) is 0 Å². The summed E-state index contributed by atoms with van der Waals surface area (Å²) in [4.78, 5) is 0. The molecule has 0 radical (unpaired) electrons. The molecule has 25 heavy (non-hydrogen) atoms. The topological polar surface area (TPSA) is 89.5 Å². The van der Waals surface area contributed by atoms with Gasteiger partial charge in [0.25, 0.3) is 0 Å². The van der Waals surface area contributed by atoms with Crippen LogP contribution in [0.25, 0.3) is 0 Å². The summed E-state index contributed by atoms with van der Waals surface area (Å²) in [5.74, 6) is -2.14. The van der Waals surface area contributed by atoms with Crippen LogP contribution in [0.15, 0.2) is 0 Å². The van der Waals surface area contributed by atoms with E-state index in [0.29, 0.717) is 0 Å². The first-order chi connectivity index (χ1) is 11.2. The highest BCUT2D eigenvalue weighted by molar-refractivity contribution is 7.87. The number of hydrogen-bond donors (Lipinski definition) is 0. The van der Waals surface area contributed by atoms with Gasteiger partial charge in [-0.15, -0.1) is 0 Å². The maximum absolute atomic E-state index is 12.7. The van der Waals surface area contributed by atoms with Crippen molar-refractivity contribution in [3.63, 3.8) is 0 Å². The molecule has 0 aromatic heterocycles. The van der Waals surface area contributed by atoms with Gasteiger partial charge in [0.15, 0.2) is 17.9 Å². The zero-order valence-corrected chi connectivity index (χ0v) is 14.7. The van der Waals surface area contributed by atoms with E-state index in [9.17, 15) is 21.6 Å². The van der Waals surface area contributed by atoms with Gasteiger partial charge in [0, 0.05) is 0 Å². The van der Waals surface area contributed by atoms with E-state index in [2.05, 4.69) is 4.18 Å². The molecule has 0 aromatic carbocycles. The third-order valence-electron chi connectivity index (χ3n) is 3.95. The maximum atomic E-state index is 12.7. The number of ether oxygens (including phenoxy) is 5. The van der Waals surface area contributed by atoms with Crippen molar-refractivity contribution in [1.29, 1.82) is 0 Å². The second-order valence-corrected chi connectivity index (χ2v) is 8.46. The summed E-state index contributed by atoms with van der Waals surface area (Å²) in [6.45, 7) is 6.27. The Kier molecular flexibility index (Phi) is 4.43. The zero-order valence-electron chi connectivity index (χ0n) is 13.9. The first kappa shape index (κ1) is 19.3. The largest absolute Gasteiger partial charge is 0.523 e. The molecule has 0 bridgehead atoms. The van der Waals surface area contributed by atoms with Crippen molar-refractivity contribution >= 4 is 10.1 Å². The first-order valence-electron chi connectivity index (χ1n) is 7.53. The van der Waals surface area contributed by atoms with Crippen LogP contribution in [0.1, 0.15) is 27.7 Å². The minimum absolute atomic E-state index is 0.00751. The molecule has 3 aliphatic rings. The fourth-order valence-electron chi connectivity index (χ4n) is 2.99. The molecule has 3 aliphatic heterocycles. The summed E-state index contributed by atoms with van der Waals surface area (Å²) in [6.07, 6.45) is -5.86. The molecule has 146 valence electrons. The van der Waals surface area contributed by atoms with Gasteiger partial charge in [0.05, 0.1) is 6.61 Å². The van der Waals surface area contributed by atoms with Crippen molar-refractivity contribution in [1.82, 2.24) is 0 Å². The van der Waals surface area contributed by atoms with E-state index in [1.54, 1.807) is 13.8 Å². The van der Waals surface area contributed by atoms with Gasteiger partial charge < -0.3 is 23.7 Å². The Morgan fingerprint density at radius 1 is 1.00 bits per heavy atom. The number of alkyl halides is 3. The van der Waals surface area contributed by atoms with Crippen molar-refractivity contribution in [3.05, 3.63) is 0 Å². The molecule has 0 spiro atoms. The van der Waals surface area contributed by atoms with Crippen molar-refractivity contribution in [2.24, 2.45) is 0 Å². The quantitative estimate of drug-likeness (QED) is 0.524. The molecule has 0 aromatic rings. The molecule has 12 heteroatoms. The Labute approximate surface area is 142 Å². The zero-order chi connectivity index (χ0) is 18.8. The monoisotopic (exact) mass is 392 g/mol. The lowest BCUT2D eigenvalue weighted by Crippen LogP contribution is -2.46. The molecule has 5 atom stereocenters. The molecule has 0 saturated carbocycles. The lowest BCUT2D eigenvalue weighted by atomic mass is 10.1. The standard InChI is InChI=1S/C13H19F3O8S/c1-11(2)19-5-6(21-11)7-8(24-25(17,18)13(14,15)16)9-10(20-7)23-12(3,4)22-9/h6-10H,5H2,1-4H3/t6-,7?,8-,9-,10-/m1/s1.